The van der Waals surface area contributed by atoms with E-state index in [-0.39, 0.29) is 0 Å². The Bertz CT molecular complexity index is 635. The molecule has 0 fully saturated rings. The van der Waals surface area contributed by atoms with Crippen LogP contribution in [-0.2, 0) is 13.0 Å². The molecule has 0 unspecified atom stereocenters. The van der Waals surface area contributed by atoms with Crippen molar-refractivity contribution in [3.05, 3.63) is 64.7 Å². The van der Waals surface area contributed by atoms with E-state index in [1.807, 2.05) is 24.3 Å². The molecule has 4 nitrogen and oxygen atoms in total. The second-order valence-corrected chi connectivity index (χ2v) is 5.24. The summed E-state index contributed by atoms with van der Waals surface area (Å²) in [6, 6.07) is 13.1. The summed E-state index contributed by atoms with van der Waals surface area (Å²) < 4.78 is 5.37. The maximum atomic E-state index is 10.8. The SMILES string of the molecule is COc1ccc(C)cc1CCNCc1ccc(C(=O)O)cc1. The predicted octanol–water partition coefficient (Wildman–Crippen LogP) is 3.03. The fraction of sp³-hybridized carbons (Fsp3) is 0.278. The maximum Gasteiger partial charge on any atom is 0.335 e. The summed E-state index contributed by atoms with van der Waals surface area (Å²) in [4.78, 5) is 10.8. The van der Waals surface area contributed by atoms with Crippen LogP contribution >= 0.6 is 0 Å². The lowest BCUT2D eigenvalue weighted by molar-refractivity contribution is 0.0697. The molecular formula is C18H21NO3. The van der Waals surface area contributed by atoms with Crippen LogP contribution in [0.15, 0.2) is 42.5 Å². The molecule has 2 rings (SSSR count). The van der Waals surface area contributed by atoms with Crippen LogP contribution in [0.5, 0.6) is 5.75 Å². The molecule has 2 N–H and O–H groups in total. The molecule has 0 saturated carbocycles. The third kappa shape index (κ3) is 4.33. The van der Waals surface area contributed by atoms with Crippen LogP contribution in [0.4, 0.5) is 0 Å². The van der Waals surface area contributed by atoms with Gasteiger partial charge >= 0.3 is 5.97 Å². The van der Waals surface area contributed by atoms with Crippen molar-refractivity contribution in [2.24, 2.45) is 0 Å². The Morgan fingerprint density at radius 3 is 2.55 bits per heavy atom. The summed E-state index contributed by atoms with van der Waals surface area (Å²) >= 11 is 0. The molecule has 0 spiro atoms. The first-order valence-corrected chi connectivity index (χ1v) is 7.26. The minimum atomic E-state index is -0.897. The lowest BCUT2D eigenvalue weighted by Crippen LogP contribution is -2.17. The van der Waals surface area contributed by atoms with Gasteiger partial charge in [0.05, 0.1) is 12.7 Å². The van der Waals surface area contributed by atoms with Crippen molar-refractivity contribution in [3.63, 3.8) is 0 Å². The van der Waals surface area contributed by atoms with Crippen LogP contribution in [0.2, 0.25) is 0 Å². The normalized spacial score (nSPS) is 10.5. The number of rotatable bonds is 7. The van der Waals surface area contributed by atoms with E-state index < -0.39 is 5.97 Å². The third-order valence-corrected chi connectivity index (χ3v) is 3.54. The zero-order chi connectivity index (χ0) is 15.9. The van der Waals surface area contributed by atoms with E-state index in [2.05, 4.69) is 18.3 Å². The Kier molecular flexibility index (Phi) is 5.55. The Morgan fingerprint density at radius 2 is 1.91 bits per heavy atom. The third-order valence-electron chi connectivity index (χ3n) is 3.54. The van der Waals surface area contributed by atoms with E-state index in [9.17, 15) is 4.79 Å². The summed E-state index contributed by atoms with van der Waals surface area (Å²) in [5.74, 6) is 0.0178. The number of methoxy groups -OCH3 is 1. The molecule has 0 aromatic heterocycles. The maximum absolute atomic E-state index is 10.8. The lowest BCUT2D eigenvalue weighted by Gasteiger charge is -2.10. The number of benzene rings is 2. The number of aryl methyl sites for hydroxylation is 1. The number of carboxylic acid groups (broad SMARTS) is 1. The number of ether oxygens (including phenoxy) is 1. The largest absolute Gasteiger partial charge is 0.496 e. The van der Waals surface area contributed by atoms with E-state index in [1.165, 1.54) is 11.1 Å². The molecule has 0 amide bonds. The highest BCUT2D eigenvalue weighted by Gasteiger charge is 2.04. The first-order valence-electron chi connectivity index (χ1n) is 7.26. The van der Waals surface area contributed by atoms with E-state index in [1.54, 1.807) is 19.2 Å². The van der Waals surface area contributed by atoms with Gasteiger partial charge in [-0.2, -0.15) is 0 Å². The Morgan fingerprint density at radius 1 is 1.18 bits per heavy atom. The number of hydrogen-bond donors (Lipinski definition) is 2. The summed E-state index contributed by atoms with van der Waals surface area (Å²) in [6.45, 7) is 3.62. The van der Waals surface area contributed by atoms with E-state index in [0.717, 1.165) is 24.3 Å². The molecule has 4 heteroatoms. The minimum absolute atomic E-state index is 0.313. The van der Waals surface area contributed by atoms with Crippen LogP contribution in [0, 0.1) is 6.92 Å². The Labute approximate surface area is 130 Å². The second kappa shape index (κ2) is 7.61. The summed E-state index contributed by atoms with van der Waals surface area (Å²) in [7, 11) is 1.69. The average Bonchev–Trinajstić information content (AvgIpc) is 2.52. The van der Waals surface area contributed by atoms with Crippen molar-refractivity contribution in [2.45, 2.75) is 19.9 Å². The van der Waals surface area contributed by atoms with Crippen molar-refractivity contribution in [1.29, 1.82) is 0 Å². The molecule has 22 heavy (non-hydrogen) atoms. The molecule has 0 heterocycles. The predicted molar refractivity (Wildman–Crippen MR) is 86.5 cm³/mol. The number of carbonyl (C=O) groups is 1. The van der Waals surface area contributed by atoms with E-state index >= 15 is 0 Å². The first-order chi connectivity index (χ1) is 10.6. The number of aromatic carboxylic acids is 1. The average molecular weight is 299 g/mol. The fourth-order valence-corrected chi connectivity index (χ4v) is 2.32. The molecule has 2 aromatic carbocycles. The van der Waals surface area contributed by atoms with Gasteiger partial charge in [0.1, 0.15) is 5.75 Å². The van der Waals surface area contributed by atoms with Gasteiger partial charge in [-0.25, -0.2) is 4.79 Å². The second-order valence-electron chi connectivity index (χ2n) is 5.24. The van der Waals surface area contributed by atoms with Gasteiger partial charge in [-0.15, -0.1) is 0 Å². The van der Waals surface area contributed by atoms with Crippen LogP contribution in [0.3, 0.4) is 0 Å². The fourth-order valence-electron chi connectivity index (χ4n) is 2.32. The molecule has 0 radical (unpaired) electrons. The Balaban J connectivity index is 1.84. The van der Waals surface area contributed by atoms with Crippen LogP contribution in [-0.4, -0.2) is 24.7 Å². The van der Waals surface area contributed by atoms with Gasteiger partial charge < -0.3 is 15.2 Å². The molecule has 0 aliphatic heterocycles. The number of carboxylic acids is 1. The molecule has 116 valence electrons. The minimum Gasteiger partial charge on any atom is -0.496 e. The molecule has 0 bridgehead atoms. The number of nitrogens with one attached hydrogen (secondary N) is 1. The van der Waals surface area contributed by atoms with Crippen molar-refractivity contribution < 1.29 is 14.6 Å². The van der Waals surface area contributed by atoms with Crippen molar-refractivity contribution in [2.75, 3.05) is 13.7 Å². The molecule has 0 aliphatic rings. The van der Waals surface area contributed by atoms with Gasteiger partial charge in [0.15, 0.2) is 0 Å². The van der Waals surface area contributed by atoms with Crippen LogP contribution in [0.1, 0.15) is 27.0 Å². The van der Waals surface area contributed by atoms with Crippen molar-refractivity contribution in [3.8, 4) is 5.75 Å². The Hall–Kier alpha value is -2.33. The lowest BCUT2D eigenvalue weighted by atomic mass is 10.1. The molecule has 2 aromatic rings. The highest BCUT2D eigenvalue weighted by molar-refractivity contribution is 5.87. The van der Waals surface area contributed by atoms with Crippen molar-refractivity contribution >= 4 is 5.97 Å². The highest BCUT2D eigenvalue weighted by Crippen LogP contribution is 2.19. The van der Waals surface area contributed by atoms with E-state index in [4.69, 9.17) is 9.84 Å². The standard InChI is InChI=1S/C18H21NO3/c1-13-3-8-17(22-2)16(11-13)9-10-19-12-14-4-6-15(7-5-14)18(20)21/h3-8,11,19H,9-10,12H2,1-2H3,(H,20,21). The molecule has 0 atom stereocenters. The van der Waals surface area contributed by atoms with Gasteiger partial charge in [-0.3, -0.25) is 0 Å². The van der Waals surface area contributed by atoms with Crippen LogP contribution in [0.25, 0.3) is 0 Å². The molecule has 0 saturated heterocycles. The summed E-state index contributed by atoms with van der Waals surface area (Å²) in [5, 5.41) is 12.2. The zero-order valence-corrected chi connectivity index (χ0v) is 12.9. The number of hydrogen-bond acceptors (Lipinski definition) is 3. The van der Waals surface area contributed by atoms with Gasteiger partial charge in [-0.05, 0) is 49.2 Å². The van der Waals surface area contributed by atoms with Gasteiger partial charge in [0, 0.05) is 6.54 Å². The smallest absolute Gasteiger partial charge is 0.335 e. The van der Waals surface area contributed by atoms with E-state index in [0.29, 0.717) is 12.1 Å². The van der Waals surface area contributed by atoms with Crippen molar-refractivity contribution in [1.82, 2.24) is 5.32 Å². The first kappa shape index (κ1) is 16.0. The van der Waals surface area contributed by atoms with Gasteiger partial charge in [-0.1, -0.05) is 29.8 Å². The zero-order valence-electron chi connectivity index (χ0n) is 12.9. The topological polar surface area (TPSA) is 58.6 Å². The molecular weight excluding hydrogens is 278 g/mol. The highest BCUT2D eigenvalue weighted by atomic mass is 16.5. The molecule has 0 aliphatic carbocycles. The monoisotopic (exact) mass is 299 g/mol. The van der Waals surface area contributed by atoms with Crippen LogP contribution < -0.4 is 10.1 Å². The summed E-state index contributed by atoms with van der Waals surface area (Å²) in [6.07, 6.45) is 0.887. The van der Waals surface area contributed by atoms with Gasteiger partial charge in [0.25, 0.3) is 0 Å². The summed E-state index contributed by atoms with van der Waals surface area (Å²) in [5.41, 5.74) is 3.80. The quantitative estimate of drug-likeness (QED) is 0.772. The van der Waals surface area contributed by atoms with Gasteiger partial charge in [0.2, 0.25) is 0 Å².